The fourth-order valence-corrected chi connectivity index (χ4v) is 2.96. The highest BCUT2D eigenvalue weighted by molar-refractivity contribution is 5.93. The third-order valence-electron chi connectivity index (χ3n) is 4.15. The number of aliphatic hydroxyl groups is 2. The maximum Gasteiger partial charge on any atom is 0.337 e. The molecule has 0 aromatic heterocycles. The van der Waals surface area contributed by atoms with Crippen molar-refractivity contribution >= 4 is 17.9 Å². The Morgan fingerprint density at radius 2 is 2.09 bits per heavy atom. The highest BCUT2D eigenvalue weighted by Gasteiger charge is 2.65. The first kappa shape index (κ1) is 16.4. The Morgan fingerprint density at radius 1 is 1.45 bits per heavy atom. The Bertz CT molecular complexity index is 535. The Labute approximate surface area is 126 Å². The zero-order valence-corrected chi connectivity index (χ0v) is 12.4. The van der Waals surface area contributed by atoms with Gasteiger partial charge in [0.25, 0.3) is 0 Å². The van der Waals surface area contributed by atoms with Crippen molar-refractivity contribution in [3.05, 3.63) is 11.8 Å². The molecule has 0 aromatic carbocycles. The van der Waals surface area contributed by atoms with Gasteiger partial charge in [-0.15, -0.1) is 0 Å². The Balaban J connectivity index is 2.47. The van der Waals surface area contributed by atoms with Crippen LogP contribution in [-0.2, 0) is 28.6 Å². The van der Waals surface area contributed by atoms with Crippen molar-refractivity contribution in [3.8, 4) is 0 Å². The van der Waals surface area contributed by atoms with E-state index < -0.39 is 47.6 Å². The quantitative estimate of drug-likeness (QED) is 0.517. The van der Waals surface area contributed by atoms with Crippen LogP contribution in [0.25, 0.3) is 0 Å². The lowest BCUT2D eigenvalue weighted by Gasteiger charge is -2.30. The fourth-order valence-electron chi connectivity index (χ4n) is 2.96. The van der Waals surface area contributed by atoms with E-state index in [1.165, 1.54) is 6.92 Å². The van der Waals surface area contributed by atoms with E-state index in [1.54, 1.807) is 6.92 Å². The normalized spacial score (nSPS) is 37.0. The first-order valence-corrected chi connectivity index (χ1v) is 6.84. The van der Waals surface area contributed by atoms with Crippen molar-refractivity contribution in [1.82, 2.24) is 0 Å². The average molecular weight is 314 g/mol. The highest BCUT2D eigenvalue weighted by atomic mass is 16.6. The van der Waals surface area contributed by atoms with Crippen LogP contribution in [0.5, 0.6) is 0 Å². The number of ether oxygens (including phenoxy) is 3. The molecule has 1 fully saturated rings. The number of esters is 3. The van der Waals surface area contributed by atoms with Crippen LogP contribution in [0, 0.1) is 11.8 Å². The number of fused-ring (bicyclic) bond motifs is 1. The maximum absolute atomic E-state index is 12.0. The second kappa shape index (κ2) is 5.69. The molecule has 0 unspecified atom stereocenters. The molecule has 0 amide bonds. The van der Waals surface area contributed by atoms with Crippen molar-refractivity contribution in [2.24, 2.45) is 11.8 Å². The molecule has 0 spiro atoms. The van der Waals surface area contributed by atoms with E-state index in [4.69, 9.17) is 9.47 Å². The second-order valence-electron chi connectivity index (χ2n) is 5.48. The van der Waals surface area contributed by atoms with E-state index >= 15 is 0 Å². The van der Waals surface area contributed by atoms with Gasteiger partial charge in [-0.1, -0.05) is 6.92 Å². The predicted molar refractivity (Wildman–Crippen MR) is 70.0 cm³/mol. The van der Waals surface area contributed by atoms with Crippen LogP contribution in [-0.4, -0.2) is 53.0 Å². The maximum atomic E-state index is 12.0. The van der Waals surface area contributed by atoms with E-state index in [0.29, 0.717) is 0 Å². The van der Waals surface area contributed by atoms with Crippen molar-refractivity contribution in [2.75, 3.05) is 7.11 Å². The topological polar surface area (TPSA) is 119 Å². The van der Waals surface area contributed by atoms with E-state index in [9.17, 15) is 24.6 Å². The van der Waals surface area contributed by atoms with E-state index in [-0.39, 0.29) is 12.0 Å². The number of hydrogen-bond donors (Lipinski definition) is 2. The van der Waals surface area contributed by atoms with E-state index in [1.807, 2.05) is 0 Å². The van der Waals surface area contributed by atoms with Crippen LogP contribution in [0.2, 0.25) is 0 Å². The summed E-state index contributed by atoms with van der Waals surface area (Å²) in [5, 5.41) is 20.7. The molecule has 1 aliphatic heterocycles. The van der Waals surface area contributed by atoms with Crippen molar-refractivity contribution in [3.63, 3.8) is 0 Å². The third-order valence-corrected chi connectivity index (χ3v) is 4.15. The van der Waals surface area contributed by atoms with Crippen molar-refractivity contribution in [1.29, 1.82) is 0 Å². The fraction of sp³-hybridized carbons (Fsp3) is 0.643. The van der Waals surface area contributed by atoms with Crippen molar-refractivity contribution in [2.45, 2.75) is 38.1 Å². The standard InChI is InChI=1S/C14H18O8/c1-4-7(15)22-10-8-6(12(17)20-3)5-21-13(18)9(8)14(2,19)11(10)16/h5,8-11,16,19H,4H2,1-3H3/t8-,9-,10+,11+,14-/m1/s1. The molecule has 0 aromatic rings. The molecule has 8 nitrogen and oxygen atoms in total. The highest BCUT2D eigenvalue weighted by Crippen LogP contribution is 2.48. The molecule has 0 radical (unpaired) electrons. The van der Waals surface area contributed by atoms with Gasteiger partial charge in [0, 0.05) is 6.42 Å². The lowest BCUT2D eigenvalue weighted by molar-refractivity contribution is -0.160. The van der Waals surface area contributed by atoms with Gasteiger partial charge in [-0.05, 0) is 6.92 Å². The number of carbonyl (C=O) groups is 3. The number of hydrogen-bond acceptors (Lipinski definition) is 8. The zero-order valence-electron chi connectivity index (χ0n) is 12.4. The Hall–Kier alpha value is -1.93. The van der Waals surface area contributed by atoms with Gasteiger partial charge < -0.3 is 24.4 Å². The monoisotopic (exact) mass is 314 g/mol. The largest absolute Gasteiger partial charge is 0.466 e. The molecule has 0 saturated heterocycles. The summed E-state index contributed by atoms with van der Waals surface area (Å²) in [5.41, 5.74) is -1.98. The SMILES string of the molecule is CCC(=O)O[C@H]1[C@@H]2C(C(=O)OC)=COC(=O)[C@@H]2[C@@](C)(O)[C@H]1O. The molecule has 8 heteroatoms. The van der Waals surface area contributed by atoms with Crippen LogP contribution < -0.4 is 0 Å². The summed E-state index contributed by atoms with van der Waals surface area (Å²) in [7, 11) is 1.14. The van der Waals surface area contributed by atoms with Gasteiger partial charge in [0.15, 0.2) is 0 Å². The molecular formula is C14H18O8. The number of carbonyl (C=O) groups excluding carboxylic acids is 3. The van der Waals surface area contributed by atoms with Gasteiger partial charge in [-0.3, -0.25) is 9.59 Å². The molecule has 5 atom stereocenters. The molecule has 2 N–H and O–H groups in total. The van der Waals surface area contributed by atoms with Gasteiger partial charge in [-0.2, -0.15) is 0 Å². The summed E-state index contributed by atoms with van der Waals surface area (Å²) in [6.45, 7) is 2.79. The zero-order chi connectivity index (χ0) is 16.7. The van der Waals surface area contributed by atoms with Crippen LogP contribution in [0.1, 0.15) is 20.3 Å². The summed E-state index contributed by atoms with van der Waals surface area (Å²) in [5.74, 6) is -4.49. The molecule has 1 heterocycles. The number of methoxy groups -OCH3 is 1. The molecule has 1 saturated carbocycles. The number of cyclic esters (lactones) is 1. The van der Waals surface area contributed by atoms with E-state index in [0.717, 1.165) is 13.4 Å². The first-order chi connectivity index (χ1) is 10.3. The molecule has 1 aliphatic carbocycles. The third kappa shape index (κ3) is 2.38. The average Bonchev–Trinajstić information content (AvgIpc) is 2.68. The van der Waals surface area contributed by atoms with Crippen LogP contribution in [0.15, 0.2) is 11.8 Å². The first-order valence-electron chi connectivity index (χ1n) is 6.84. The second-order valence-corrected chi connectivity index (χ2v) is 5.48. The smallest absolute Gasteiger partial charge is 0.337 e. The molecule has 0 bridgehead atoms. The van der Waals surface area contributed by atoms with E-state index in [2.05, 4.69) is 4.74 Å². The summed E-state index contributed by atoms with van der Waals surface area (Å²) in [6, 6.07) is 0. The van der Waals surface area contributed by atoms with Crippen LogP contribution >= 0.6 is 0 Å². The summed E-state index contributed by atoms with van der Waals surface area (Å²) < 4.78 is 14.5. The van der Waals surface area contributed by atoms with Gasteiger partial charge in [0.05, 0.1) is 24.5 Å². The minimum atomic E-state index is -1.91. The van der Waals surface area contributed by atoms with Gasteiger partial charge in [0.2, 0.25) is 0 Å². The number of rotatable bonds is 3. The molecule has 22 heavy (non-hydrogen) atoms. The van der Waals surface area contributed by atoms with Gasteiger partial charge in [0.1, 0.15) is 24.1 Å². The summed E-state index contributed by atoms with van der Waals surface area (Å²) in [6.07, 6.45) is -1.83. The van der Waals surface area contributed by atoms with Gasteiger partial charge in [-0.25, -0.2) is 4.79 Å². The molecule has 2 rings (SSSR count). The summed E-state index contributed by atoms with van der Waals surface area (Å²) >= 11 is 0. The Morgan fingerprint density at radius 3 is 2.64 bits per heavy atom. The van der Waals surface area contributed by atoms with Gasteiger partial charge >= 0.3 is 17.9 Å². The molecule has 2 aliphatic rings. The van der Waals surface area contributed by atoms with Crippen LogP contribution in [0.3, 0.4) is 0 Å². The predicted octanol–water partition coefficient (Wildman–Crippen LogP) is -0.720. The lowest BCUT2D eigenvalue weighted by Crippen LogP contribution is -2.46. The minimum absolute atomic E-state index is 0.0461. The number of aliphatic hydroxyl groups excluding tert-OH is 1. The summed E-state index contributed by atoms with van der Waals surface area (Å²) in [4.78, 5) is 35.4. The minimum Gasteiger partial charge on any atom is -0.466 e. The lowest BCUT2D eigenvalue weighted by atomic mass is 9.81. The molecular weight excluding hydrogens is 296 g/mol. The van der Waals surface area contributed by atoms with Crippen molar-refractivity contribution < 1.29 is 38.8 Å². The Kier molecular flexibility index (Phi) is 4.25. The molecule has 122 valence electrons. The van der Waals surface area contributed by atoms with Crippen LogP contribution in [0.4, 0.5) is 0 Å².